The highest BCUT2D eigenvalue weighted by Gasteiger charge is 2.52. The molecule has 1 amide bonds. The van der Waals surface area contributed by atoms with Crippen molar-refractivity contribution in [3.63, 3.8) is 0 Å². The number of alkyl halides is 5. The van der Waals surface area contributed by atoms with Crippen molar-refractivity contribution in [3.8, 4) is 5.88 Å². The lowest BCUT2D eigenvalue weighted by atomic mass is 10.2. The van der Waals surface area contributed by atoms with E-state index in [1.807, 2.05) is 0 Å². The quantitative estimate of drug-likeness (QED) is 0.707. The first-order valence-corrected chi connectivity index (χ1v) is 8.64. The van der Waals surface area contributed by atoms with Crippen LogP contribution >= 0.6 is 0 Å². The molecule has 2 aromatic rings. The zero-order valence-corrected chi connectivity index (χ0v) is 15.8. The third-order valence-electron chi connectivity index (χ3n) is 4.00. The van der Waals surface area contributed by atoms with Crippen molar-refractivity contribution in [1.29, 1.82) is 0 Å². The molecule has 1 fully saturated rings. The van der Waals surface area contributed by atoms with Gasteiger partial charge in [-0.25, -0.2) is 18.6 Å². The van der Waals surface area contributed by atoms with Crippen LogP contribution in [-0.4, -0.2) is 62.7 Å². The second kappa shape index (κ2) is 6.99. The third-order valence-corrected chi connectivity index (χ3v) is 4.00. The summed E-state index contributed by atoms with van der Waals surface area (Å²) in [7, 11) is 0. The van der Waals surface area contributed by atoms with E-state index in [-0.39, 0.29) is 11.4 Å². The molecule has 0 aromatic carbocycles. The number of nitrogens with zero attached hydrogens (tertiary/aromatic N) is 4. The van der Waals surface area contributed by atoms with Crippen LogP contribution in [0.25, 0.3) is 10.9 Å². The number of hydrogen-bond acceptors (Lipinski definition) is 5. The number of fused-ring (bicyclic) bond motifs is 1. The summed E-state index contributed by atoms with van der Waals surface area (Å²) in [6.45, 7) is 2.12. The van der Waals surface area contributed by atoms with E-state index in [2.05, 4.69) is 10.1 Å². The van der Waals surface area contributed by atoms with Crippen LogP contribution in [0.1, 0.15) is 20.8 Å². The SMILES string of the molecule is CC(C)(C)OC(=O)N1CC(Oc2cc3c(cn2)cnn3CC(F)(F)F)C(F)(F)C1. The van der Waals surface area contributed by atoms with Gasteiger partial charge in [-0.05, 0) is 20.8 Å². The smallest absolute Gasteiger partial charge is 0.410 e. The Labute approximate surface area is 162 Å². The van der Waals surface area contributed by atoms with Crippen molar-refractivity contribution in [2.45, 2.75) is 51.1 Å². The van der Waals surface area contributed by atoms with Gasteiger partial charge < -0.3 is 9.47 Å². The maximum atomic E-state index is 14.3. The molecule has 1 aliphatic heterocycles. The van der Waals surface area contributed by atoms with Gasteiger partial charge in [-0.15, -0.1) is 0 Å². The average molecular weight is 422 g/mol. The van der Waals surface area contributed by atoms with Gasteiger partial charge in [-0.3, -0.25) is 9.58 Å². The second-order valence-corrected chi connectivity index (χ2v) is 7.73. The molecule has 29 heavy (non-hydrogen) atoms. The van der Waals surface area contributed by atoms with Crippen molar-refractivity contribution in [3.05, 3.63) is 18.5 Å². The van der Waals surface area contributed by atoms with E-state index in [9.17, 15) is 26.7 Å². The van der Waals surface area contributed by atoms with Gasteiger partial charge in [0.2, 0.25) is 5.88 Å². The van der Waals surface area contributed by atoms with Gasteiger partial charge in [0.15, 0.2) is 6.10 Å². The number of hydrogen-bond donors (Lipinski definition) is 0. The van der Waals surface area contributed by atoms with Crippen molar-refractivity contribution >= 4 is 17.0 Å². The van der Waals surface area contributed by atoms with Crippen LogP contribution < -0.4 is 4.74 Å². The molecule has 1 atom stereocenters. The molecule has 12 heteroatoms. The normalized spacial score (nSPS) is 19.6. The molecule has 0 radical (unpaired) electrons. The Morgan fingerprint density at radius 2 is 1.97 bits per heavy atom. The molecular formula is C17H19F5N4O3. The zero-order chi connectivity index (χ0) is 21.6. The minimum atomic E-state index is -4.50. The Hall–Kier alpha value is -2.66. The zero-order valence-electron chi connectivity index (χ0n) is 15.8. The molecule has 1 aliphatic rings. The van der Waals surface area contributed by atoms with E-state index in [4.69, 9.17) is 9.47 Å². The highest BCUT2D eigenvalue weighted by Crippen LogP contribution is 2.32. The molecule has 0 spiro atoms. The van der Waals surface area contributed by atoms with Crippen LogP contribution in [0.4, 0.5) is 26.7 Å². The van der Waals surface area contributed by atoms with Crippen molar-refractivity contribution in [2.75, 3.05) is 13.1 Å². The monoisotopic (exact) mass is 422 g/mol. The second-order valence-electron chi connectivity index (χ2n) is 7.73. The van der Waals surface area contributed by atoms with E-state index in [1.165, 1.54) is 12.4 Å². The van der Waals surface area contributed by atoms with E-state index >= 15 is 0 Å². The van der Waals surface area contributed by atoms with Crippen LogP contribution in [0.15, 0.2) is 18.5 Å². The maximum Gasteiger partial charge on any atom is 0.410 e. The molecule has 0 saturated carbocycles. The summed E-state index contributed by atoms with van der Waals surface area (Å²) in [6, 6.07) is 1.11. The van der Waals surface area contributed by atoms with Gasteiger partial charge >= 0.3 is 18.2 Å². The lowest BCUT2D eigenvalue weighted by Gasteiger charge is -2.24. The molecule has 1 saturated heterocycles. The molecule has 7 nitrogen and oxygen atoms in total. The number of carbonyl (C=O) groups is 1. The van der Waals surface area contributed by atoms with E-state index in [0.29, 0.717) is 10.1 Å². The van der Waals surface area contributed by atoms with Gasteiger partial charge in [0.25, 0.3) is 0 Å². The summed E-state index contributed by atoms with van der Waals surface area (Å²) in [5.74, 6) is -3.68. The highest BCUT2D eigenvalue weighted by molar-refractivity contribution is 5.78. The van der Waals surface area contributed by atoms with E-state index in [1.54, 1.807) is 20.8 Å². The number of amides is 1. The van der Waals surface area contributed by atoms with Crippen LogP contribution in [0.5, 0.6) is 5.88 Å². The van der Waals surface area contributed by atoms with Crippen LogP contribution in [-0.2, 0) is 11.3 Å². The van der Waals surface area contributed by atoms with E-state index in [0.717, 1.165) is 11.0 Å². The molecule has 0 bridgehead atoms. The predicted molar refractivity (Wildman–Crippen MR) is 90.8 cm³/mol. The number of pyridine rings is 1. The number of carbonyl (C=O) groups excluding carboxylic acids is 1. The fourth-order valence-electron chi connectivity index (χ4n) is 2.80. The van der Waals surface area contributed by atoms with Crippen molar-refractivity contribution in [1.82, 2.24) is 19.7 Å². The number of rotatable bonds is 3. The van der Waals surface area contributed by atoms with Gasteiger partial charge in [0, 0.05) is 17.6 Å². The Morgan fingerprint density at radius 1 is 1.28 bits per heavy atom. The maximum absolute atomic E-state index is 14.3. The highest BCUT2D eigenvalue weighted by atomic mass is 19.4. The van der Waals surface area contributed by atoms with Crippen LogP contribution in [0, 0.1) is 0 Å². The molecular weight excluding hydrogens is 403 g/mol. The number of aromatic nitrogens is 3. The van der Waals surface area contributed by atoms with Gasteiger partial charge in [0.05, 0.1) is 24.8 Å². The van der Waals surface area contributed by atoms with E-state index < -0.39 is 49.5 Å². The summed E-state index contributed by atoms with van der Waals surface area (Å²) in [4.78, 5) is 16.7. The molecule has 0 N–H and O–H groups in total. The minimum absolute atomic E-state index is 0.0395. The van der Waals surface area contributed by atoms with Gasteiger partial charge in [-0.2, -0.15) is 18.3 Å². The molecule has 3 rings (SSSR count). The first-order chi connectivity index (χ1) is 13.2. The first kappa shape index (κ1) is 21.1. The lowest BCUT2D eigenvalue weighted by molar-refractivity contribution is -0.141. The van der Waals surface area contributed by atoms with Crippen LogP contribution in [0.2, 0.25) is 0 Å². The summed E-state index contributed by atoms with van der Waals surface area (Å²) < 4.78 is 77.6. The summed E-state index contributed by atoms with van der Waals surface area (Å²) >= 11 is 0. The van der Waals surface area contributed by atoms with Gasteiger partial charge in [0.1, 0.15) is 12.1 Å². The Balaban J connectivity index is 1.77. The van der Waals surface area contributed by atoms with Crippen molar-refractivity contribution in [2.24, 2.45) is 0 Å². The molecule has 0 aliphatic carbocycles. The van der Waals surface area contributed by atoms with Crippen LogP contribution in [0.3, 0.4) is 0 Å². The average Bonchev–Trinajstić information content (AvgIpc) is 3.05. The number of likely N-dealkylation sites (tertiary alicyclic amines) is 1. The first-order valence-electron chi connectivity index (χ1n) is 8.64. The number of halogens is 5. The fourth-order valence-corrected chi connectivity index (χ4v) is 2.80. The molecule has 2 aromatic heterocycles. The third kappa shape index (κ3) is 5.04. The Bertz CT molecular complexity index is 907. The standard InChI is InChI=1S/C17H19F5N4O3/c1-15(2,3)29-14(27)25-7-12(16(18,19)8-25)28-13-4-11-10(5-23-13)6-24-26(11)9-17(20,21)22/h4-6,12H,7-9H2,1-3H3. The Kier molecular flexibility index (Phi) is 5.08. The topological polar surface area (TPSA) is 69.5 Å². The summed E-state index contributed by atoms with van der Waals surface area (Å²) in [6.07, 6.45) is -4.76. The fraction of sp³-hybridized carbons (Fsp3) is 0.588. The molecule has 1 unspecified atom stereocenters. The minimum Gasteiger partial charge on any atom is -0.466 e. The van der Waals surface area contributed by atoms with Crippen molar-refractivity contribution < 1.29 is 36.2 Å². The summed E-state index contributed by atoms with van der Waals surface area (Å²) in [5.41, 5.74) is -0.813. The predicted octanol–water partition coefficient (Wildman–Crippen LogP) is 3.63. The lowest BCUT2D eigenvalue weighted by Crippen LogP contribution is -2.36. The molecule has 160 valence electrons. The Morgan fingerprint density at radius 3 is 2.59 bits per heavy atom. The number of ether oxygens (including phenoxy) is 2. The summed E-state index contributed by atoms with van der Waals surface area (Å²) in [5, 5.41) is 3.94. The van der Waals surface area contributed by atoms with Gasteiger partial charge in [-0.1, -0.05) is 0 Å². The largest absolute Gasteiger partial charge is 0.466 e. The molecule has 3 heterocycles.